The molecule has 0 radical (unpaired) electrons. The van der Waals surface area contributed by atoms with Crippen LogP contribution >= 0.6 is 0 Å². The van der Waals surface area contributed by atoms with Gasteiger partial charge < -0.3 is 10.1 Å². The van der Waals surface area contributed by atoms with E-state index in [4.69, 9.17) is 4.74 Å². The molecule has 0 fully saturated rings. The highest BCUT2D eigenvalue weighted by molar-refractivity contribution is 5.98. The molecule has 2 aromatic rings. The van der Waals surface area contributed by atoms with Crippen LogP contribution < -0.4 is 5.32 Å². The maximum atomic E-state index is 12.0. The highest BCUT2D eigenvalue weighted by Crippen LogP contribution is 2.39. The lowest BCUT2D eigenvalue weighted by atomic mass is 9.86. The summed E-state index contributed by atoms with van der Waals surface area (Å²) in [6, 6.07) is 0. The van der Waals surface area contributed by atoms with Gasteiger partial charge >= 0.3 is 5.97 Å². The summed E-state index contributed by atoms with van der Waals surface area (Å²) in [5.74, 6) is -0.516. The molecule has 0 bridgehead atoms. The third-order valence-electron chi connectivity index (χ3n) is 4.14. The zero-order valence-corrected chi connectivity index (χ0v) is 13.3. The molecule has 1 aliphatic rings. The Balaban J connectivity index is 2.09. The van der Waals surface area contributed by atoms with Gasteiger partial charge in [-0.1, -0.05) is 6.92 Å². The van der Waals surface area contributed by atoms with Gasteiger partial charge in [-0.25, -0.2) is 4.79 Å². The standard InChI is InChI=1S/C15H19N5O3/c1-4-5-20-8(2)10(7-16-20)9-6-11(21)17-14-12(9)13(18-19-14)15(22)23-3/h7,9H,4-6H2,1-3H3,(H2,17,18,19,21). The van der Waals surface area contributed by atoms with Crippen LogP contribution in [0.25, 0.3) is 0 Å². The van der Waals surface area contributed by atoms with E-state index in [2.05, 4.69) is 27.5 Å². The average Bonchev–Trinajstić information content (AvgIpc) is 3.11. The number of anilines is 1. The maximum Gasteiger partial charge on any atom is 0.356 e. The van der Waals surface area contributed by atoms with Crippen LogP contribution in [0.5, 0.6) is 0 Å². The van der Waals surface area contributed by atoms with E-state index in [-0.39, 0.29) is 23.9 Å². The summed E-state index contributed by atoms with van der Waals surface area (Å²) in [6.45, 7) is 4.87. The lowest BCUT2D eigenvalue weighted by molar-refractivity contribution is -0.116. The molecule has 0 aliphatic carbocycles. The molecule has 2 N–H and O–H groups in total. The molecule has 23 heavy (non-hydrogen) atoms. The monoisotopic (exact) mass is 317 g/mol. The second-order valence-electron chi connectivity index (χ2n) is 5.57. The quantitative estimate of drug-likeness (QED) is 0.834. The normalized spacial score (nSPS) is 16.8. The summed E-state index contributed by atoms with van der Waals surface area (Å²) in [7, 11) is 1.32. The highest BCUT2D eigenvalue weighted by Gasteiger charge is 2.35. The number of rotatable bonds is 4. The summed E-state index contributed by atoms with van der Waals surface area (Å²) in [4.78, 5) is 24.0. The van der Waals surface area contributed by atoms with Gasteiger partial charge in [-0.3, -0.25) is 14.6 Å². The first-order valence-corrected chi connectivity index (χ1v) is 7.55. The van der Waals surface area contributed by atoms with Crippen molar-refractivity contribution in [1.82, 2.24) is 20.0 Å². The van der Waals surface area contributed by atoms with Gasteiger partial charge in [0.1, 0.15) is 5.69 Å². The molecule has 8 heteroatoms. The second kappa shape index (κ2) is 5.86. The molecule has 0 spiro atoms. The van der Waals surface area contributed by atoms with Gasteiger partial charge in [-0.05, 0) is 13.3 Å². The van der Waals surface area contributed by atoms with Gasteiger partial charge in [-0.2, -0.15) is 10.2 Å². The van der Waals surface area contributed by atoms with E-state index < -0.39 is 5.97 Å². The number of esters is 1. The summed E-state index contributed by atoms with van der Waals surface area (Å²) in [6.07, 6.45) is 2.98. The Kier molecular flexibility index (Phi) is 3.89. The number of carbonyl (C=O) groups is 2. The van der Waals surface area contributed by atoms with Crippen molar-refractivity contribution in [2.24, 2.45) is 0 Å². The zero-order valence-electron chi connectivity index (χ0n) is 13.3. The van der Waals surface area contributed by atoms with Crippen LogP contribution in [0, 0.1) is 6.92 Å². The molecule has 8 nitrogen and oxygen atoms in total. The van der Waals surface area contributed by atoms with Gasteiger partial charge in [0.15, 0.2) is 5.82 Å². The Morgan fingerprint density at radius 3 is 3.00 bits per heavy atom. The SMILES string of the molecule is CCCn1ncc(C2CC(=O)Nc3n[nH]c(C(=O)OC)c32)c1C. The summed E-state index contributed by atoms with van der Waals surface area (Å²) in [5.41, 5.74) is 2.86. The second-order valence-corrected chi connectivity index (χ2v) is 5.57. The average molecular weight is 317 g/mol. The van der Waals surface area contributed by atoms with Gasteiger partial charge in [-0.15, -0.1) is 0 Å². The number of nitrogens with zero attached hydrogens (tertiary/aromatic N) is 3. The molecule has 1 amide bonds. The van der Waals surface area contributed by atoms with Crippen molar-refractivity contribution in [2.45, 2.75) is 39.2 Å². The van der Waals surface area contributed by atoms with Gasteiger partial charge in [0, 0.05) is 35.7 Å². The number of carbonyl (C=O) groups excluding carboxylic acids is 2. The Morgan fingerprint density at radius 2 is 2.30 bits per heavy atom. The van der Waals surface area contributed by atoms with Gasteiger partial charge in [0.2, 0.25) is 5.91 Å². The fourth-order valence-corrected chi connectivity index (χ4v) is 3.02. The number of H-pyrrole nitrogens is 1. The maximum absolute atomic E-state index is 12.0. The van der Waals surface area contributed by atoms with E-state index in [0.29, 0.717) is 11.4 Å². The largest absolute Gasteiger partial charge is 0.464 e. The molecule has 0 aromatic carbocycles. The van der Waals surface area contributed by atoms with E-state index in [1.54, 1.807) is 6.20 Å². The third-order valence-corrected chi connectivity index (χ3v) is 4.14. The minimum absolute atomic E-state index is 0.131. The van der Waals surface area contributed by atoms with Gasteiger partial charge in [0.05, 0.1) is 13.3 Å². The van der Waals surface area contributed by atoms with Crippen molar-refractivity contribution in [1.29, 1.82) is 0 Å². The summed E-state index contributed by atoms with van der Waals surface area (Å²) < 4.78 is 6.72. The predicted molar refractivity (Wildman–Crippen MR) is 82.3 cm³/mol. The molecule has 2 aromatic heterocycles. The number of ether oxygens (including phenoxy) is 1. The van der Waals surface area contributed by atoms with E-state index in [1.807, 2.05) is 11.6 Å². The van der Waals surface area contributed by atoms with E-state index >= 15 is 0 Å². The van der Waals surface area contributed by atoms with E-state index in [0.717, 1.165) is 24.2 Å². The van der Waals surface area contributed by atoms with Gasteiger partial charge in [0.25, 0.3) is 0 Å². The van der Waals surface area contributed by atoms with Crippen molar-refractivity contribution in [3.05, 3.63) is 28.7 Å². The summed E-state index contributed by atoms with van der Waals surface area (Å²) in [5, 5.41) is 13.8. The van der Waals surface area contributed by atoms with Crippen LogP contribution in [0.3, 0.4) is 0 Å². The molecule has 0 saturated heterocycles. The smallest absolute Gasteiger partial charge is 0.356 e. The van der Waals surface area contributed by atoms with Crippen molar-refractivity contribution >= 4 is 17.7 Å². The Morgan fingerprint density at radius 1 is 1.52 bits per heavy atom. The third kappa shape index (κ3) is 2.49. The van der Waals surface area contributed by atoms with Crippen LogP contribution in [0.4, 0.5) is 5.82 Å². The zero-order chi connectivity index (χ0) is 16.6. The number of aromatic nitrogens is 4. The number of aryl methyl sites for hydroxylation is 1. The Hall–Kier alpha value is -2.64. The summed E-state index contributed by atoms with van der Waals surface area (Å²) >= 11 is 0. The predicted octanol–water partition coefficient (Wildman–Crippen LogP) is 1.59. The molecular formula is C15H19N5O3. The van der Waals surface area contributed by atoms with Crippen LogP contribution in [0.2, 0.25) is 0 Å². The molecular weight excluding hydrogens is 298 g/mol. The lowest BCUT2D eigenvalue weighted by Gasteiger charge is -2.22. The fraction of sp³-hybridized carbons (Fsp3) is 0.467. The van der Waals surface area contributed by atoms with E-state index in [9.17, 15) is 9.59 Å². The molecule has 3 rings (SSSR count). The molecule has 3 heterocycles. The van der Waals surface area contributed by atoms with Crippen LogP contribution in [-0.4, -0.2) is 39.0 Å². The number of amides is 1. The first-order valence-electron chi connectivity index (χ1n) is 7.55. The Bertz CT molecular complexity index is 761. The number of fused-ring (bicyclic) bond motifs is 1. The lowest BCUT2D eigenvalue weighted by Crippen LogP contribution is -2.24. The van der Waals surface area contributed by atoms with Crippen molar-refractivity contribution in [2.75, 3.05) is 12.4 Å². The number of hydrogen-bond acceptors (Lipinski definition) is 5. The first kappa shape index (κ1) is 15.3. The van der Waals surface area contributed by atoms with Crippen molar-refractivity contribution in [3.8, 4) is 0 Å². The van der Waals surface area contributed by atoms with Crippen molar-refractivity contribution < 1.29 is 14.3 Å². The molecule has 1 atom stereocenters. The fourth-order valence-electron chi connectivity index (χ4n) is 3.02. The molecule has 0 saturated carbocycles. The Labute approximate surface area is 133 Å². The topological polar surface area (TPSA) is 102 Å². The highest BCUT2D eigenvalue weighted by atomic mass is 16.5. The number of nitrogens with one attached hydrogen (secondary N) is 2. The van der Waals surface area contributed by atoms with Crippen LogP contribution in [-0.2, 0) is 16.1 Å². The van der Waals surface area contributed by atoms with E-state index in [1.165, 1.54) is 7.11 Å². The number of methoxy groups -OCH3 is 1. The molecule has 122 valence electrons. The van der Waals surface area contributed by atoms with Crippen LogP contribution in [0.15, 0.2) is 6.20 Å². The molecule has 1 aliphatic heterocycles. The minimum atomic E-state index is -0.501. The molecule has 1 unspecified atom stereocenters. The van der Waals surface area contributed by atoms with Crippen molar-refractivity contribution in [3.63, 3.8) is 0 Å². The number of aromatic amines is 1. The first-order chi connectivity index (χ1) is 11.1. The van der Waals surface area contributed by atoms with Crippen LogP contribution in [0.1, 0.15) is 53.0 Å². The number of hydrogen-bond donors (Lipinski definition) is 2. The minimum Gasteiger partial charge on any atom is -0.464 e.